The normalized spacial score (nSPS) is 17.9. The van der Waals surface area contributed by atoms with Gasteiger partial charge < -0.3 is 4.74 Å². The molecule has 0 unspecified atom stereocenters. The Kier molecular flexibility index (Phi) is 2.49. The summed E-state index contributed by atoms with van der Waals surface area (Å²) in [6, 6.07) is 0. The molecule has 0 saturated heterocycles. The second-order valence-electron chi connectivity index (χ2n) is 2.39. The maximum absolute atomic E-state index is 10.3. The second-order valence-corrected chi connectivity index (χ2v) is 2.39. The topological polar surface area (TPSA) is 26.3 Å². The smallest absolute Gasteiger partial charge is 0.311 e. The van der Waals surface area contributed by atoms with Crippen molar-refractivity contribution < 1.29 is 9.53 Å². The molecule has 1 aliphatic rings. The Labute approximate surface area is 60.9 Å². The Morgan fingerprint density at radius 2 is 2.40 bits per heavy atom. The standard InChI is InChI=1S/C8H11O2/c1-7(9)10-8-5-3-2-4-6-8/h5H,1-4,6H2. The maximum atomic E-state index is 10.3. The lowest BCUT2D eigenvalue weighted by molar-refractivity contribution is -0.134. The fourth-order valence-corrected chi connectivity index (χ4v) is 1.05. The third kappa shape index (κ3) is 2.21. The molecule has 0 fully saturated rings. The van der Waals surface area contributed by atoms with Crippen molar-refractivity contribution in [1.82, 2.24) is 0 Å². The Balaban J connectivity index is 2.38. The van der Waals surface area contributed by atoms with Crippen LogP contribution in [0.3, 0.4) is 0 Å². The first-order valence-corrected chi connectivity index (χ1v) is 3.52. The molecule has 0 aromatic carbocycles. The third-order valence-electron chi connectivity index (χ3n) is 1.49. The van der Waals surface area contributed by atoms with Crippen LogP contribution in [0.5, 0.6) is 0 Å². The zero-order valence-corrected chi connectivity index (χ0v) is 5.93. The number of hydrogen-bond acceptors (Lipinski definition) is 2. The van der Waals surface area contributed by atoms with Crippen molar-refractivity contribution in [2.45, 2.75) is 25.7 Å². The Morgan fingerprint density at radius 1 is 1.60 bits per heavy atom. The van der Waals surface area contributed by atoms with Crippen LogP contribution in [-0.4, -0.2) is 5.97 Å². The zero-order chi connectivity index (χ0) is 7.40. The van der Waals surface area contributed by atoms with Gasteiger partial charge in [-0.05, 0) is 25.3 Å². The lowest BCUT2D eigenvalue weighted by atomic mass is 10.1. The van der Waals surface area contributed by atoms with Gasteiger partial charge >= 0.3 is 5.97 Å². The van der Waals surface area contributed by atoms with E-state index in [1.54, 1.807) is 0 Å². The molecule has 0 bridgehead atoms. The van der Waals surface area contributed by atoms with Gasteiger partial charge in [-0.2, -0.15) is 0 Å². The van der Waals surface area contributed by atoms with Gasteiger partial charge in [0.2, 0.25) is 0 Å². The molecule has 0 N–H and O–H groups in total. The highest BCUT2D eigenvalue weighted by molar-refractivity contribution is 5.74. The summed E-state index contributed by atoms with van der Waals surface area (Å²) in [5.41, 5.74) is 0. The van der Waals surface area contributed by atoms with Crippen LogP contribution >= 0.6 is 0 Å². The van der Waals surface area contributed by atoms with Crippen LogP contribution < -0.4 is 0 Å². The molecule has 1 aliphatic carbocycles. The van der Waals surface area contributed by atoms with Crippen molar-refractivity contribution >= 4 is 5.97 Å². The SMILES string of the molecule is [CH2]C(=O)OC1=CCCCC1. The van der Waals surface area contributed by atoms with Crippen molar-refractivity contribution in [3.05, 3.63) is 18.8 Å². The minimum atomic E-state index is -0.451. The Bertz CT molecular complexity index is 159. The average molecular weight is 139 g/mol. The van der Waals surface area contributed by atoms with E-state index in [1.165, 1.54) is 6.42 Å². The summed E-state index contributed by atoms with van der Waals surface area (Å²) < 4.78 is 4.80. The first kappa shape index (κ1) is 7.32. The predicted molar refractivity (Wildman–Crippen MR) is 38.0 cm³/mol. The summed E-state index contributed by atoms with van der Waals surface area (Å²) in [5.74, 6) is 0.347. The number of esters is 1. The molecular formula is C8H11O2. The fraction of sp³-hybridized carbons (Fsp3) is 0.500. The quantitative estimate of drug-likeness (QED) is 0.518. The van der Waals surface area contributed by atoms with E-state index in [0.29, 0.717) is 0 Å². The molecule has 0 spiro atoms. The number of carbonyl (C=O) groups is 1. The lowest BCUT2D eigenvalue weighted by Gasteiger charge is -2.10. The van der Waals surface area contributed by atoms with Gasteiger partial charge in [-0.25, -0.2) is 0 Å². The summed E-state index contributed by atoms with van der Waals surface area (Å²) in [6.45, 7) is 3.13. The molecule has 2 heteroatoms. The molecule has 1 radical (unpaired) electrons. The van der Waals surface area contributed by atoms with Crippen molar-refractivity contribution in [2.24, 2.45) is 0 Å². The number of allylic oxidation sites excluding steroid dienone is 2. The Hall–Kier alpha value is -0.790. The van der Waals surface area contributed by atoms with Gasteiger partial charge in [0.05, 0.1) is 6.92 Å². The van der Waals surface area contributed by atoms with E-state index in [4.69, 9.17) is 4.74 Å². The maximum Gasteiger partial charge on any atom is 0.311 e. The summed E-state index contributed by atoms with van der Waals surface area (Å²) >= 11 is 0. The minimum absolute atomic E-state index is 0.451. The molecule has 1 rings (SSSR count). The highest BCUT2D eigenvalue weighted by atomic mass is 16.5. The van der Waals surface area contributed by atoms with Crippen molar-refractivity contribution in [1.29, 1.82) is 0 Å². The monoisotopic (exact) mass is 139 g/mol. The highest BCUT2D eigenvalue weighted by Crippen LogP contribution is 2.17. The number of carbonyl (C=O) groups excluding carboxylic acids is 1. The third-order valence-corrected chi connectivity index (χ3v) is 1.49. The van der Waals surface area contributed by atoms with Crippen LogP contribution in [0.2, 0.25) is 0 Å². The molecule has 55 valence electrons. The van der Waals surface area contributed by atoms with Crippen molar-refractivity contribution in [2.75, 3.05) is 0 Å². The molecule has 0 atom stereocenters. The molecule has 10 heavy (non-hydrogen) atoms. The predicted octanol–water partition coefficient (Wildman–Crippen LogP) is 1.82. The number of rotatable bonds is 1. The van der Waals surface area contributed by atoms with Crippen LogP contribution in [0.1, 0.15) is 25.7 Å². The summed E-state index contributed by atoms with van der Waals surface area (Å²) in [7, 11) is 0. The van der Waals surface area contributed by atoms with E-state index < -0.39 is 5.97 Å². The van der Waals surface area contributed by atoms with E-state index in [0.717, 1.165) is 25.0 Å². The average Bonchev–Trinajstić information content (AvgIpc) is 1.88. The van der Waals surface area contributed by atoms with Crippen LogP contribution in [0.15, 0.2) is 11.8 Å². The van der Waals surface area contributed by atoms with Gasteiger partial charge in [0.15, 0.2) is 0 Å². The molecule has 0 saturated carbocycles. The molecule has 0 aromatic rings. The van der Waals surface area contributed by atoms with Gasteiger partial charge in [-0.15, -0.1) is 0 Å². The van der Waals surface area contributed by atoms with Crippen molar-refractivity contribution in [3.8, 4) is 0 Å². The molecule has 2 nitrogen and oxygen atoms in total. The van der Waals surface area contributed by atoms with E-state index in [-0.39, 0.29) is 0 Å². The van der Waals surface area contributed by atoms with Crippen LogP contribution in [-0.2, 0) is 9.53 Å². The van der Waals surface area contributed by atoms with Gasteiger partial charge in [0.25, 0.3) is 0 Å². The molecule has 0 amide bonds. The number of ether oxygens (including phenoxy) is 1. The van der Waals surface area contributed by atoms with Gasteiger partial charge in [-0.1, -0.05) is 0 Å². The van der Waals surface area contributed by atoms with E-state index in [2.05, 4.69) is 6.92 Å². The molecule has 0 heterocycles. The van der Waals surface area contributed by atoms with E-state index >= 15 is 0 Å². The first-order valence-electron chi connectivity index (χ1n) is 3.52. The largest absolute Gasteiger partial charge is 0.431 e. The van der Waals surface area contributed by atoms with E-state index in [9.17, 15) is 4.79 Å². The molecule has 0 aliphatic heterocycles. The Morgan fingerprint density at radius 3 is 2.90 bits per heavy atom. The van der Waals surface area contributed by atoms with Crippen LogP contribution in [0.25, 0.3) is 0 Å². The molecule has 0 aromatic heterocycles. The lowest BCUT2D eigenvalue weighted by Crippen LogP contribution is -2.01. The van der Waals surface area contributed by atoms with Crippen LogP contribution in [0, 0.1) is 6.92 Å². The van der Waals surface area contributed by atoms with Gasteiger partial charge in [0, 0.05) is 6.42 Å². The minimum Gasteiger partial charge on any atom is -0.431 e. The van der Waals surface area contributed by atoms with Crippen molar-refractivity contribution in [3.63, 3.8) is 0 Å². The molecular weight excluding hydrogens is 128 g/mol. The van der Waals surface area contributed by atoms with Crippen LogP contribution in [0.4, 0.5) is 0 Å². The van der Waals surface area contributed by atoms with E-state index in [1.807, 2.05) is 6.08 Å². The second kappa shape index (κ2) is 3.40. The van der Waals surface area contributed by atoms with Gasteiger partial charge in [-0.3, -0.25) is 4.79 Å². The highest BCUT2D eigenvalue weighted by Gasteiger charge is 2.05. The summed E-state index contributed by atoms with van der Waals surface area (Å²) in [5, 5.41) is 0. The fourth-order valence-electron chi connectivity index (χ4n) is 1.05. The first-order chi connectivity index (χ1) is 4.79. The summed E-state index contributed by atoms with van der Waals surface area (Å²) in [6.07, 6.45) is 6.22. The van der Waals surface area contributed by atoms with Gasteiger partial charge in [0.1, 0.15) is 5.76 Å². The number of hydrogen-bond donors (Lipinski definition) is 0. The zero-order valence-electron chi connectivity index (χ0n) is 5.93. The summed E-state index contributed by atoms with van der Waals surface area (Å²) in [4.78, 5) is 10.3.